The Labute approximate surface area is 117 Å². The van der Waals surface area contributed by atoms with E-state index in [0.717, 1.165) is 5.69 Å². The fourth-order valence-corrected chi connectivity index (χ4v) is 1.70. The van der Waals surface area contributed by atoms with Crippen molar-refractivity contribution in [1.82, 2.24) is 9.88 Å². The van der Waals surface area contributed by atoms with Gasteiger partial charge in [-0.2, -0.15) is 0 Å². The molecule has 0 atom stereocenters. The van der Waals surface area contributed by atoms with Crippen molar-refractivity contribution in [2.24, 2.45) is 0 Å². The van der Waals surface area contributed by atoms with Crippen LogP contribution in [0, 0.1) is 5.82 Å². The van der Waals surface area contributed by atoms with Crippen molar-refractivity contribution >= 4 is 11.7 Å². The molecule has 2 aromatic rings. The maximum Gasteiger partial charge on any atom is 0.321 e. The summed E-state index contributed by atoms with van der Waals surface area (Å²) in [4.78, 5) is 17.6. The molecule has 104 valence electrons. The molecular weight excluding hydrogens is 257 g/mol. The predicted molar refractivity (Wildman–Crippen MR) is 76.0 cm³/mol. The largest absolute Gasteiger partial charge is 0.327 e. The molecule has 20 heavy (non-hydrogen) atoms. The Bertz CT molecular complexity index is 574. The monoisotopic (exact) mass is 273 g/mol. The van der Waals surface area contributed by atoms with Crippen LogP contribution < -0.4 is 5.32 Å². The van der Waals surface area contributed by atoms with E-state index in [4.69, 9.17) is 0 Å². The minimum Gasteiger partial charge on any atom is -0.327 e. The van der Waals surface area contributed by atoms with Crippen molar-refractivity contribution in [3.05, 3.63) is 60.2 Å². The van der Waals surface area contributed by atoms with Crippen LogP contribution in [-0.4, -0.2) is 29.5 Å². The van der Waals surface area contributed by atoms with Gasteiger partial charge in [-0.05, 0) is 24.3 Å². The number of benzene rings is 1. The third-order valence-electron chi connectivity index (χ3n) is 2.89. The predicted octanol–water partition coefficient (Wildman–Crippen LogP) is 2.93. The number of rotatable bonds is 4. The Hall–Kier alpha value is -2.43. The average Bonchev–Trinajstić information content (AvgIpc) is 2.48. The molecule has 0 aliphatic carbocycles. The van der Waals surface area contributed by atoms with Crippen molar-refractivity contribution in [2.45, 2.75) is 6.42 Å². The van der Waals surface area contributed by atoms with E-state index >= 15 is 0 Å². The van der Waals surface area contributed by atoms with Crippen LogP contribution in [0.2, 0.25) is 0 Å². The quantitative estimate of drug-likeness (QED) is 0.931. The molecule has 0 saturated heterocycles. The number of anilines is 1. The number of hydrogen-bond donors (Lipinski definition) is 1. The molecule has 0 unspecified atom stereocenters. The summed E-state index contributed by atoms with van der Waals surface area (Å²) in [6.45, 7) is 0.511. The van der Waals surface area contributed by atoms with E-state index in [1.807, 2.05) is 18.2 Å². The lowest BCUT2D eigenvalue weighted by Gasteiger charge is -2.18. The van der Waals surface area contributed by atoms with E-state index < -0.39 is 5.82 Å². The molecule has 0 bridgehead atoms. The zero-order chi connectivity index (χ0) is 14.4. The number of halogens is 1. The lowest BCUT2D eigenvalue weighted by atomic mass is 10.2. The van der Waals surface area contributed by atoms with Crippen molar-refractivity contribution < 1.29 is 9.18 Å². The van der Waals surface area contributed by atoms with Crippen LogP contribution >= 0.6 is 0 Å². The molecule has 1 N–H and O–H groups in total. The van der Waals surface area contributed by atoms with Crippen molar-refractivity contribution in [3.8, 4) is 0 Å². The number of nitrogens with zero attached hydrogens (tertiary/aromatic N) is 2. The second-order valence-corrected chi connectivity index (χ2v) is 4.40. The van der Waals surface area contributed by atoms with E-state index in [2.05, 4.69) is 10.3 Å². The van der Waals surface area contributed by atoms with E-state index in [1.165, 1.54) is 17.0 Å². The van der Waals surface area contributed by atoms with Gasteiger partial charge < -0.3 is 10.2 Å². The molecule has 0 saturated carbocycles. The van der Waals surface area contributed by atoms with Crippen LogP contribution in [0.1, 0.15) is 5.69 Å². The molecule has 0 spiro atoms. The Morgan fingerprint density at radius 2 is 2.00 bits per heavy atom. The molecule has 0 aliphatic heterocycles. The molecule has 1 aromatic carbocycles. The van der Waals surface area contributed by atoms with Gasteiger partial charge >= 0.3 is 6.03 Å². The number of pyridine rings is 1. The molecule has 2 rings (SSSR count). The summed E-state index contributed by atoms with van der Waals surface area (Å²) < 4.78 is 13.4. The molecule has 0 aliphatic rings. The molecular formula is C15H16FN3O. The van der Waals surface area contributed by atoms with Gasteiger partial charge in [-0.1, -0.05) is 18.2 Å². The summed E-state index contributed by atoms with van der Waals surface area (Å²) in [5, 5.41) is 2.54. The van der Waals surface area contributed by atoms with Gasteiger partial charge in [-0.25, -0.2) is 9.18 Å². The van der Waals surface area contributed by atoms with Crippen molar-refractivity contribution in [3.63, 3.8) is 0 Å². The van der Waals surface area contributed by atoms with Crippen molar-refractivity contribution in [2.75, 3.05) is 18.9 Å². The molecule has 2 amide bonds. The van der Waals surface area contributed by atoms with Gasteiger partial charge in [0.1, 0.15) is 5.82 Å². The molecule has 1 aromatic heterocycles. The van der Waals surface area contributed by atoms with Crippen LogP contribution in [0.25, 0.3) is 0 Å². The summed E-state index contributed by atoms with van der Waals surface area (Å²) in [6.07, 6.45) is 2.37. The maximum atomic E-state index is 13.4. The number of carbonyl (C=O) groups excluding carboxylic acids is 1. The third kappa shape index (κ3) is 3.78. The Morgan fingerprint density at radius 3 is 2.70 bits per heavy atom. The summed E-state index contributed by atoms with van der Waals surface area (Å²) in [5.41, 5.74) is 1.10. The highest BCUT2D eigenvalue weighted by molar-refractivity contribution is 5.89. The van der Waals surface area contributed by atoms with Crippen LogP contribution in [0.5, 0.6) is 0 Å². The normalized spacial score (nSPS) is 10.1. The van der Waals surface area contributed by atoms with E-state index in [1.54, 1.807) is 25.4 Å². The lowest BCUT2D eigenvalue weighted by Crippen LogP contribution is -2.33. The number of hydrogen-bond acceptors (Lipinski definition) is 2. The van der Waals surface area contributed by atoms with Gasteiger partial charge in [-0.3, -0.25) is 4.98 Å². The molecule has 0 radical (unpaired) electrons. The third-order valence-corrected chi connectivity index (χ3v) is 2.89. The smallest absolute Gasteiger partial charge is 0.321 e. The van der Waals surface area contributed by atoms with Gasteiger partial charge in [0.2, 0.25) is 0 Å². The van der Waals surface area contributed by atoms with Crippen LogP contribution in [0.3, 0.4) is 0 Å². The standard InChI is InChI=1S/C15H16FN3O/c1-19(11-9-12-6-4-5-10-17-12)15(20)18-14-8-3-2-7-13(14)16/h2-8,10H,9,11H2,1H3,(H,18,20). The summed E-state index contributed by atoms with van der Waals surface area (Å²) >= 11 is 0. The van der Waals surface area contributed by atoms with Gasteiger partial charge in [0.15, 0.2) is 0 Å². The second-order valence-electron chi connectivity index (χ2n) is 4.40. The summed E-state index contributed by atoms with van der Waals surface area (Å²) in [5.74, 6) is -0.445. The summed E-state index contributed by atoms with van der Waals surface area (Å²) in [6, 6.07) is 11.4. The fraction of sp³-hybridized carbons (Fsp3) is 0.200. The van der Waals surface area contributed by atoms with Gasteiger partial charge in [0.25, 0.3) is 0 Å². The number of aromatic nitrogens is 1. The first-order chi connectivity index (χ1) is 9.66. The fourth-order valence-electron chi connectivity index (χ4n) is 1.70. The molecule has 0 fully saturated rings. The first kappa shape index (κ1) is 14.0. The van der Waals surface area contributed by atoms with E-state index in [0.29, 0.717) is 13.0 Å². The van der Waals surface area contributed by atoms with Crippen LogP contribution in [0.4, 0.5) is 14.9 Å². The minimum atomic E-state index is -0.445. The second kappa shape index (κ2) is 6.65. The minimum absolute atomic E-state index is 0.183. The Kier molecular flexibility index (Phi) is 4.65. The van der Waals surface area contributed by atoms with Crippen LogP contribution in [0.15, 0.2) is 48.7 Å². The first-order valence-corrected chi connectivity index (χ1v) is 6.33. The highest BCUT2D eigenvalue weighted by Gasteiger charge is 2.11. The van der Waals surface area contributed by atoms with E-state index in [-0.39, 0.29) is 11.7 Å². The van der Waals surface area contributed by atoms with Gasteiger partial charge in [0, 0.05) is 31.9 Å². The topological polar surface area (TPSA) is 45.2 Å². The molecule has 5 heteroatoms. The SMILES string of the molecule is CN(CCc1ccccn1)C(=O)Nc1ccccc1F. The Balaban J connectivity index is 1.88. The highest BCUT2D eigenvalue weighted by atomic mass is 19.1. The number of carbonyl (C=O) groups is 1. The number of urea groups is 1. The zero-order valence-electron chi connectivity index (χ0n) is 11.2. The number of nitrogens with one attached hydrogen (secondary N) is 1. The number of amides is 2. The molecule has 4 nitrogen and oxygen atoms in total. The molecule has 1 heterocycles. The average molecular weight is 273 g/mol. The van der Waals surface area contributed by atoms with E-state index in [9.17, 15) is 9.18 Å². The van der Waals surface area contributed by atoms with Crippen molar-refractivity contribution in [1.29, 1.82) is 0 Å². The number of likely N-dealkylation sites (N-methyl/N-ethyl adjacent to an activating group) is 1. The Morgan fingerprint density at radius 1 is 1.25 bits per heavy atom. The summed E-state index contributed by atoms with van der Waals surface area (Å²) in [7, 11) is 1.67. The first-order valence-electron chi connectivity index (χ1n) is 6.33. The van der Waals surface area contributed by atoms with Crippen LogP contribution in [-0.2, 0) is 6.42 Å². The zero-order valence-corrected chi connectivity index (χ0v) is 11.2. The lowest BCUT2D eigenvalue weighted by molar-refractivity contribution is 0.223. The van der Waals surface area contributed by atoms with Gasteiger partial charge in [0.05, 0.1) is 5.69 Å². The highest BCUT2D eigenvalue weighted by Crippen LogP contribution is 2.12. The van der Waals surface area contributed by atoms with Gasteiger partial charge in [-0.15, -0.1) is 0 Å². The number of para-hydroxylation sites is 1. The maximum absolute atomic E-state index is 13.4.